The highest BCUT2D eigenvalue weighted by atomic mass is 19.1. The molecule has 1 heterocycles. The van der Waals surface area contributed by atoms with Gasteiger partial charge in [-0.2, -0.15) is 0 Å². The molecular weight excluding hydrogens is 603 g/mol. The van der Waals surface area contributed by atoms with Crippen LogP contribution in [-0.4, -0.2) is 84.4 Å². The average Bonchev–Trinajstić information content (AvgIpc) is 3.07. The number of urea groups is 1. The van der Waals surface area contributed by atoms with Gasteiger partial charge in [0.15, 0.2) is 0 Å². The van der Waals surface area contributed by atoms with Crippen LogP contribution >= 0.6 is 0 Å². The molecule has 4 rings (SSSR count). The van der Waals surface area contributed by atoms with Crippen LogP contribution in [-0.2, 0) is 9.53 Å². The fourth-order valence-electron chi connectivity index (χ4n) is 6.31. The van der Waals surface area contributed by atoms with Crippen LogP contribution in [0.25, 0.3) is 0 Å². The minimum Gasteiger partial charge on any atom is -0.490 e. The lowest BCUT2D eigenvalue weighted by Crippen LogP contribution is -2.48. The van der Waals surface area contributed by atoms with E-state index in [1.54, 1.807) is 34.9 Å². The summed E-state index contributed by atoms with van der Waals surface area (Å²) in [4.78, 5) is 43.8. The summed E-state index contributed by atoms with van der Waals surface area (Å²) in [6.07, 6.45) is 7.11. The summed E-state index contributed by atoms with van der Waals surface area (Å²) < 4.78 is 26.0. The summed E-state index contributed by atoms with van der Waals surface area (Å²) in [6.45, 7) is 6.71. The number of amides is 4. The number of halogens is 1. The molecule has 2 aliphatic rings. The number of aliphatic hydroxyl groups is 1. The molecule has 1 fully saturated rings. The number of nitrogens with one attached hydrogen (secondary N) is 2. The highest BCUT2D eigenvalue weighted by Gasteiger charge is 2.32. The van der Waals surface area contributed by atoms with Crippen LogP contribution in [0.5, 0.6) is 5.75 Å². The number of nitrogens with zero attached hydrogens (tertiary/aromatic N) is 2. The second-order valence-electron chi connectivity index (χ2n) is 13.2. The number of hydrogen-bond acceptors (Lipinski definition) is 6. The third kappa shape index (κ3) is 10.4. The van der Waals surface area contributed by atoms with Gasteiger partial charge in [0.25, 0.3) is 5.91 Å². The van der Waals surface area contributed by atoms with E-state index in [9.17, 15) is 23.9 Å². The molecule has 1 saturated carbocycles. The van der Waals surface area contributed by atoms with Gasteiger partial charge < -0.3 is 35.0 Å². The van der Waals surface area contributed by atoms with Gasteiger partial charge >= 0.3 is 6.03 Å². The third-order valence-corrected chi connectivity index (χ3v) is 9.20. The van der Waals surface area contributed by atoms with Gasteiger partial charge in [-0.25, -0.2) is 9.18 Å². The number of ether oxygens (including phenoxy) is 2. The highest BCUT2D eigenvalue weighted by molar-refractivity contribution is 6.02. The molecule has 4 atom stereocenters. The molecule has 2 aromatic carbocycles. The number of anilines is 2. The van der Waals surface area contributed by atoms with Crippen molar-refractivity contribution >= 4 is 29.2 Å². The van der Waals surface area contributed by atoms with Crippen LogP contribution in [0.2, 0.25) is 0 Å². The van der Waals surface area contributed by atoms with E-state index in [4.69, 9.17) is 9.47 Å². The first-order chi connectivity index (χ1) is 22.5. The monoisotopic (exact) mass is 654 g/mol. The van der Waals surface area contributed by atoms with Crippen LogP contribution in [0.4, 0.5) is 20.6 Å². The summed E-state index contributed by atoms with van der Waals surface area (Å²) in [6, 6.07) is 9.23. The predicted octanol–water partition coefficient (Wildman–Crippen LogP) is 6.30. The lowest BCUT2D eigenvalue weighted by molar-refractivity contribution is -0.137. The second kappa shape index (κ2) is 17.5. The smallest absolute Gasteiger partial charge is 0.323 e. The molecule has 258 valence electrons. The van der Waals surface area contributed by atoms with Crippen molar-refractivity contribution in [2.75, 3.05) is 44.0 Å². The van der Waals surface area contributed by atoms with Gasteiger partial charge in [0.1, 0.15) is 11.6 Å². The van der Waals surface area contributed by atoms with E-state index in [1.165, 1.54) is 30.7 Å². The molecule has 0 bridgehead atoms. The Morgan fingerprint density at radius 1 is 1.00 bits per heavy atom. The Morgan fingerprint density at radius 2 is 1.66 bits per heavy atom. The SMILES string of the molecule is C[C@H](CO)N1C[C@H](C)[C@@H](CN(C)C(=O)C2CCCCC2)OCCCC[C@H](C)Oc2ccc(NC(=O)Nc3ccc(F)cc3)cc2C1=O. The van der Waals surface area contributed by atoms with E-state index in [2.05, 4.69) is 10.6 Å². The van der Waals surface area contributed by atoms with Crippen molar-refractivity contribution in [3.63, 3.8) is 0 Å². The molecule has 0 spiro atoms. The quantitative estimate of drug-likeness (QED) is 0.322. The summed E-state index contributed by atoms with van der Waals surface area (Å²) in [5, 5.41) is 15.6. The molecule has 0 unspecified atom stereocenters. The van der Waals surface area contributed by atoms with Crippen LogP contribution in [0.3, 0.4) is 0 Å². The van der Waals surface area contributed by atoms with Gasteiger partial charge in [0.2, 0.25) is 5.91 Å². The Labute approximate surface area is 278 Å². The van der Waals surface area contributed by atoms with Crippen LogP contribution in [0, 0.1) is 17.7 Å². The Balaban J connectivity index is 1.58. The number of carbonyl (C=O) groups excluding carboxylic acids is 3. The molecule has 0 aromatic heterocycles. The molecule has 10 nitrogen and oxygen atoms in total. The van der Waals surface area contributed by atoms with Crippen molar-refractivity contribution < 1.29 is 33.4 Å². The number of benzene rings is 2. The van der Waals surface area contributed by atoms with E-state index < -0.39 is 17.9 Å². The average molecular weight is 655 g/mol. The van der Waals surface area contributed by atoms with Gasteiger partial charge in [-0.15, -0.1) is 0 Å². The maximum Gasteiger partial charge on any atom is 0.323 e. The standard InChI is InChI=1S/C36H51FN4O6/c1-24-21-41(25(2)23-42)35(44)31-20-30(39-36(45)38-29-15-13-28(37)14-16-29)17-18-32(31)47-26(3)10-8-9-19-46-33(24)22-40(4)34(43)27-11-6-5-7-12-27/h13-18,20,24-27,33,42H,5-12,19,21-23H2,1-4H3,(H2,38,39,45)/t24-,25+,26-,33+/m0/s1. The van der Waals surface area contributed by atoms with E-state index in [0.29, 0.717) is 30.3 Å². The fourth-order valence-corrected chi connectivity index (χ4v) is 6.31. The summed E-state index contributed by atoms with van der Waals surface area (Å²) >= 11 is 0. The molecule has 4 amide bonds. The molecule has 2 aromatic rings. The summed E-state index contributed by atoms with van der Waals surface area (Å²) in [5.41, 5.74) is 1.03. The minimum absolute atomic E-state index is 0.0496. The number of aliphatic hydroxyl groups excluding tert-OH is 1. The van der Waals surface area contributed by atoms with E-state index in [0.717, 1.165) is 44.9 Å². The van der Waals surface area contributed by atoms with Crippen molar-refractivity contribution in [2.24, 2.45) is 11.8 Å². The first-order valence-corrected chi connectivity index (χ1v) is 17.0. The fraction of sp³-hybridized carbons (Fsp3) is 0.583. The van der Waals surface area contributed by atoms with Crippen molar-refractivity contribution in [1.29, 1.82) is 0 Å². The highest BCUT2D eigenvalue weighted by Crippen LogP contribution is 2.29. The molecule has 3 N–H and O–H groups in total. The van der Waals surface area contributed by atoms with Crippen LogP contribution in [0.15, 0.2) is 42.5 Å². The topological polar surface area (TPSA) is 120 Å². The van der Waals surface area contributed by atoms with Crippen molar-refractivity contribution in [3.05, 3.63) is 53.8 Å². The molecule has 47 heavy (non-hydrogen) atoms. The van der Waals surface area contributed by atoms with Gasteiger partial charge in [-0.1, -0.05) is 26.2 Å². The van der Waals surface area contributed by atoms with Crippen molar-refractivity contribution in [3.8, 4) is 5.75 Å². The van der Waals surface area contributed by atoms with E-state index in [1.807, 2.05) is 20.9 Å². The number of likely N-dealkylation sites (N-methyl/N-ethyl adjacent to an activating group) is 1. The van der Waals surface area contributed by atoms with Gasteiger partial charge in [-0.3, -0.25) is 9.59 Å². The Bertz CT molecular complexity index is 1340. The summed E-state index contributed by atoms with van der Waals surface area (Å²) in [5.74, 6) is -0.344. The van der Waals surface area contributed by atoms with E-state index >= 15 is 0 Å². The first-order valence-electron chi connectivity index (χ1n) is 17.0. The second-order valence-corrected chi connectivity index (χ2v) is 13.2. The maximum absolute atomic E-state index is 14.3. The number of carbonyl (C=O) groups is 3. The third-order valence-electron chi connectivity index (χ3n) is 9.20. The lowest BCUT2D eigenvalue weighted by atomic mass is 9.88. The molecule has 1 aliphatic carbocycles. The maximum atomic E-state index is 14.3. The molecule has 0 radical (unpaired) electrons. The number of hydrogen-bond donors (Lipinski definition) is 3. The number of fused-ring (bicyclic) bond motifs is 1. The Hall–Kier alpha value is -3.70. The molecule has 1 aliphatic heterocycles. The normalized spacial score (nSPS) is 22.3. The van der Waals surface area contributed by atoms with Crippen molar-refractivity contribution in [2.45, 2.75) is 90.4 Å². The lowest BCUT2D eigenvalue weighted by Gasteiger charge is -2.36. The zero-order chi connectivity index (χ0) is 33.9. The minimum atomic E-state index is -0.555. The van der Waals surface area contributed by atoms with Gasteiger partial charge in [-0.05, 0) is 88.4 Å². The van der Waals surface area contributed by atoms with E-state index in [-0.39, 0.29) is 54.6 Å². The molecular formula is C36H51FN4O6. The Morgan fingerprint density at radius 3 is 2.36 bits per heavy atom. The molecule has 0 saturated heterocycles. The van der Waals surface area contributed by atoms with Crippen molar-refractivity contribution in [1.82, 2.24) is 9.80 Å². The Kier molecular flexibility index (Phi) is 13.4. The first kappa shape index (κ1) is 36.1. The number of rotatable bonds is 7. The van der Waals surface area contributed by atoms with Crippen LogP contribution < -0.4 is 15.4 Å². The van der Waals surface area contributed by atoms with Gasteiger partial charge in [0.05, 0.1) is 30.4 Å². The predicted molar refractivity (Wildman–Crippen MR) is 180 cm³/mol. The largest absolute Gasteiger partial charge is 0.490 e. The summed E-state index contributed by atoms with van der Waals surface area (Å²) in [7, 11) is 1.84. The van der Waals surface area contributed by atoms with Crippen LogP contribution in [0.1, 0.15) is 82.5 Å². The zero-order valence-corrected chi connectivity index (χ0v) is 28.2. The van der Waals surface area contributed by atoms with Gasteiger partial charge in [0, 0.05) is 50.0 Å². The zero-order valence-electron chi connectivity index (χ0n) is 28.2. The molecule has 11 heteroatoms.